The molecule has 0 unspecified atom stereocenters. The van der Waals surface area contributed by atoms with Gasteiger partial charge in [0, 0.05) is 39.3 Å². The molecule has 2 aromatic heterocycles. The smallest absolute Gasteiger partial charge is 0.194 e. The van der Waals surface area contributed by atoms with Crippen LogP contribution in [-0.2, 0) is 6.42 Å². The van der Waals surface area contributed by atoms with Crippen molar-refractivity contribution in [3.05, 3.63) is 81.2 Å². The van der Waals surface area contributed by atoms with E-state index >= 15 is 0 Å². The summed E-state index contributed by atoms with van der Waals surface area (Å²) in [5.74, 6) is -0.250. The monoisotopic (exact) mass is 376 g/mol. The van der Waals surface area contributed by atoms with E-state index in [1.807, 2.05) is 28.9 Å². The van der Waals surface area contributed by atoms with Crippen molar-refractivity contribution in [2.75, 3.05) is 0 Å². The number of imidazole rings is 1. The second kappa shape index (κ2) is 6.20. The van der Waals surface area contributed by atoms with Crippen LogP contribution in [0.4, 0.5) is 4.39 Å². The molecule has 120 valence electrons. The number of aromatic nitrogens is 2. The molecule has 0 aliphatic rings. The lowest BCUT2D eigenvalue weighted by Gasteiger charge is -2.02. The van der Waals surface area contributed by atoms with Crippen molar-refractivity contribution in [3.63, 3.8) is 0 Å². The first-order valence-electron chi connectivity index (χ1n) is 7.26. The fourth-order valence-corrected chi connectivity index (χ4v) is 3.91. The molecule has 0 fully saturated rings. The van der Waals surface area contributed by atoms with E-state index in [4.69, 9.17) is 23.2 Å². The molecule has 24 heavy (non-hydrogen) atoms. The lowest BCUT2D eigenvalue weighted by Crippen LogP contribution is -1.87. The van der Waals surface area contributed by atoms with Gasteiger partial charge < -0.3 is 0 Å². The largest absolute Gasteiger partial charge is 0.297 e. The molecule has 0 aliphatic heterocycles. The van der Waals surface area contributed by atoms with Gasteiger partial charge in [0.15, 0.2) is 4.96 Å². The molecule has 0 N–H and O–H groups in total. The van der Waals surface area contributed by atoms with E-state index in [0.29, 0.717) is 16.5 Å². The predicted octanol–water partition coefficient (Wildman–Crippen LogP) is 6.10. The van der Waals surface area contributed by atoms with Gasteiger partial charge in [0.25, 0.3) is 0 Å². The molecule has 0 aliphatic carbocycles. The Hall–Kier alpha value is -1.88. The van der Waals surface area contributed by atoms with Crippen molar-refractivity contribution < 1.29 is 4.39 Å². The number of hydrogen-bond donors (Lipinski definition) is 0. The Balaban J connectivity index is 1.64. The molecular formula is C18H11Cl2FN2S. The van der Waals surface area contributed by atoms with Gasteiger partial charge in [-0.2, -0.15) is 0 Å². The highest BCUT2D eigenvalue weighted by atomic mass is 35.5. The molecule has 0 atom stereocenters. The van der Waals surface area contributed by atoms with Gasteiger partial charge >= 0.3 is 0 Å². The number of thiazole rings is 1. The molecule has 4 rings (SSSR count). The zero-order chi connectivity index (χ0) is 16.7. The number of halogens is 3. The summed E-state index contributed by atoms with van der Waals surface area (Å²) in [4.78, 5) is 6.65. The van der Waals surface area contributed by atoms with Crippen LogP contribution in [0.3, 0.4) is 0 Å². The molecule has 0 amide bonds. The van der Waals surface area contributed by atoms with E-state index < -0.39 is 0 Å². The fourth-order valence-electron chi connectivity index (χ4n) is 2.55. The fraction of sp³-hybridized carbons (Fsp3) is 0.0556. The summed E-state index contributed by atoms with van der Waals surface area (Å²) in [5, 5.41) is 1.38. The number of rotatable bonds is 3. The molecule has 0 bridgehead atoms. The van der Waals surface area contributed by atoms with E-state index in [9.17, 15) is 4.39 Å². The summed E-state index contributed by atoms with van der Waals surface area (Å²) in [5.41, 5.74) is 2.72. The van der Waals surface area contributed by atoms with Crippen molar-refractivity contribution in [1.82, 2.24) is 9.38 Å². The van der Waals surface area contributed by atoms with Gasteiger partial charge in [0.05, 0.1) is 5.69 Å². The Morgan fingerprint density at radius 1 is 1.04 bits per heavy atom. The van der Waals surface area contributed by atoms with Crippen LogP contribution in [0, 0.1) is 5.82 Å². The molecule has 2 heterocycles. The van der Waals surface area contributed by atoms with Crippen LogP contribution >= 0.6 is 34.5 Å². The quantitative estimate of drug-likeness (QED) is 0.422. The highest BCUT2D eigenvalue weighted by Crippen LogP contribution is 2.28. The van der Waals surface area contributed by atoms with Crippen molar-refractivity contribution in [1.29, 1.82) is 0 Å². The molecule has 0 saturated carbocycles. The molecule has 2 aromatic carbocycles. The van der Waals surface area contributed by atoms with Crippen LogP contribution < -0.4 is 0 Å². The van der Waals surface area contributed by atoms with Crippen LogP contribution in [0.1, 0.15) is 10.4 Å². The minimum atomic E-state index is -0.250. The van der Waals surface area contributed by atoms with Gasteiger partial charge in [-0.1, -0.05) is 23.2 Å². The summed E-state index contributed by atoms with van der Waals surface area (Å²) in [7, 11) is 0. The van der Waals surface area contributed by atoms with E-state index in [1.165, 1.54) is 12.1 Å². The van der Waals surface area contributed by atoms with Crippen molar-refractivity contribution in [2.45, 2.75) is 6.42 Å². The highest BCUT2D eigenvalue weighted by Gasteiger charge is 2.10. The SMILES string of the molecule is Fc1ccc(-c2cn3cc(Cc4cc(Cl)ccc4Cl)sc3n2)cc1. The van der Waals surface area contributed by atoms with Crippen LogP contribution in [0.15, 0.2) is 54.9 Å². The zero-order valence-electron chi connectivity index (χ0n) is 12.3. The standard InChI is InChI=1S/C18H11Cl2FN2S/c19-13-3-6-16(20)12(7-13)8-15-9-23-10-17(22-18(23)24-15)11-1-4-14(21)5-2-11/h1-7,9-10H,8H2. The summed E-state index contributed by atoms with van der Waals surface area (Å²) in [6.07, 6.45) is 4.69. The molecule has 4 aromatic rings. The summed E-state index contributed by atoms with van der Waals surface area (Å²) in [6.45, 7) is 0. The van der Waals surface area contributed by atoms with Crippen molar-refractivity contribution >= 4 is 39.5 Å². The van der Waals surface area contributed by atoms with E-state index in [-0.39, 0.29) is 5.82 Å². The van der Waals surface area contributed by atoms with Crippen LogP contribution in [0.5, 0.6) is 0 Å². The van der Waals surface area contributed by atoms with Gasteiger partial charge in [-0.05, 0) is 48.0 Å². The normalized spacial score (nSPS) is 11.3. The van der Waals surface area contributed by atoms with Crippen LogP contribution in [-0.4, -0.2) is 9.38 Å². The van der Waals surface area contributed by atoms with Gasteiger partial charge in [0.2, 0.25) is 0 Å². The second-order valence-electron chi connectivity index (χ2n) is 5.43. The lowest BCUT2D eigenvalue weighted by atomic mass is 10.1. The molecule has 0 radical (unpaired) electrons. The number of hydrogen-bond acceptors (Lipinski definition) is 2. The summed E-state index contributed by atoms with van der Waals surface area (Å²) in [6, 6.07) is 11.8. The predicted molar refractivity (Wildman–Crippen MR) is 97.7 cm³/mol. The van der Waals surface area contributed by atoms with Crippen LogP contribution in [0.2, 0.25) is 10.0 Å². The van der Waals surface area contributed by atoms with Gasteiger partial charge in [0.1, 0.15) is 5.82 Å². The van der Waals surface area contributed by atoms with Crippen molar-refractivity contribution in [2.24, 2.45) is 0 Å². The van der Waals surface area contributed by atoms with E-state index in [0.717, 1.165) is 26.7 Å². The maximum absolute atomic E-state index is 13.0. The van der Waals surface area contributed by atoms with Crippen LogP contribution in [0.25, 0.3) is 16.2 Å². The Labute approximate surface area is 152 Å². The summed E-state index contributed by atoms with van der Waals surface area (Å²) >= 11 is 13.9. The molecule has 0 saturated heterocycles. The maximum Gasteiger partial charge on any atom is 0.194 e. The van der Waals surface area contributed by atoms with Gasteiger partial charge in [-0.3, -0.25) is 4.40 Å². The van der Waals surface area contributed by atoms with Crippen molar-refractivity contribution in [3.8, 4) is 11.3 Å². The highest BCUT2D eigenvalue weighted by molar-refractivity contribution is 7.17. The number of fused-ring (bicyclic) bond motifs is 1. The minimum absolute atomic E-state index is 0.250. The first-order valence-corrected chi connectivity index (χ1v) is 8.83. The second-order valence-corrected chi connectivity index (χ2v) is 7.37. The number of benzene rings is 2. The van der Waals surface area contributed by atoms with Gasteiger partial charge in [-0.15, -0.1) is 11.3 Å². The lowest BCUT2D eigenvalue weighted by molar-refractivity contribution is 0.628. The number of nitrogens with zero attached hydrogens (tertiary/aromatic N) is 2. The maximum atomic E-state index is 13.0. The Morgan fingerprint density at radius 2 is 1.83 bits per heavy atom. The molecular weight excluding hydrogens is 366 g/mol. The average Bonchev–Trinajstić information content (AvgIpc) is 3.10. The first kappa shape index (κ1) is 15.6. The van der Waals surface area contributed by atoms with E-state index in [1.54, 1.807) is 29.5 Å². The Morgan fingerprint density at radius 3 is 2.58 bits per heavy atom. The summed E-state index contributed by atoms with van der Waals surface area (Å²) < 4.78 is 15.0. The average molecular weight is 377 g/mol. The van der Waals surface area contributed by atoms with Gasteiger partial charge in [-0.25, -0.2) is 9.37 Å². The minimum Gasteiger partial charge on any atom is -0.297 e. The molecule has 6 heteroatoms. The third-order valence-electron chi connectivity index (χ3n) is 3.72. The zero-order valence-corrected chi connectivity index (χ0v) is 14.7. The third kappa shape index (κ3) is 3.05. The Bertz CT molecular complexity index is 990. The molecule has 0 spiro atoms. The first-order chi connectivity index (χ1) is 11.6. The topological polar surface area (TPSA) is 17.3 Å². The molecule has 2 nitrogen and oxygen atoms in total. The Kier molecular flexibility index (Phi) is 4.04. The van der Waals surface area contributed by atoms with E-state index in [2.05, 4.69) is 4.98 Å². The third-order valence-corrected chi connectivity index (χ3v) is 5.32.